The molecule has 0 aliphatic heterocycles. The van der Waals surface area contributed by atoms with Gasteiger partial charge in [0, 0.05) is 17.0 Å². The normalized spacial score (nSPS) is 12.0. The van der Waals surface area contributed by atoms with Gasteiger partial charge in [0.05, 0.1) is 13.3 Å². The highest BCUT2D eigenvalue weighted by atomic mass is 35.5. The molecular weight excluding hydrogens is 512 g/mol. The number of ether oxygens (including phenoxy) is 2. The first-order chi connectivity index (χ1) is 18.3. The quantitative estimate of drug-likeness (QED) is 0.216. The molecule has 39 heavy (non-hydrogen) atoms. The molecule has 1 amide bonds. The number of nitrogens with one attached hydrogen (secondary N) is 1. The summed E-state index contributed by atoms with van der Waals surface area (Å²) in [5, 5.41) is 15.7. The highest BCUT2D eigenvalue weighted by Crippen LogP contribution is 2.40. The highest BCUT2D eigenvalue weighted by Gasteiger charge is 2.26. The molecule has 0 heterocycles. The Morgan fingerprint density at radius 2 is 1.62 bits per heavy atom. The summed E-state index contributed by atoms with van der Waals surface area (Å²) in [6, 6.07) is 16.9. The van der Waals surface area contributed by atoms with Crippen LogP contribution in [0, 0.1) is 0 Å². The zero-order valence-electron chi connectivity index (χ0n) is 23.9. The molecule has 0 saturated carbocycles. The molecule has 0 aromatic heterocycles. The first-order valence-electron chi connectivity index (χ1n) is 13.0. The Morgan fingerprint density at radius 3 is 2.21 bits per heavy atom. The van der Waals surface area contributed by atoms with E-state index in [1.807, 2.05) is 48.5 Å². The number of carbonyl (C=O) groups excluding carboxylic acids is 1. The van der Waals surface area contributed by atoms with Crippen molar-refractivity contribution in [3.8, 4) is 17.2 Å². The molecule has 0 unspecified atom stereocenters. The van der Waals surface area contributed by atoms with E-state index in [4.69, 9.17) is 21.1 Å². The van der Waals surface area contributed by atoms with E-state index in [1.165, 1.54) is 0 Å². The molecule has 0 spiro atoms. The number of rotatable bonds is 9. The van der Waals surface area contributed by atoms with Crippen molar-refractivity contribution in [1.82, 2.24) is 5.43 Å². The average molecular weight is 551 g/mol. The van der Waals surface area contributed by atoms with Crippen LogP contribution in [0.2, 0.25) is 5.02 Å². The van der Waals surface area contributed by atoms with Crippen LogP contribution in [-0.2, 0) is 28.7 Å². The summed E-state index contributed by atoms with van der Waals surface area (Å²) in [4.78, 5) is 12.6. The van der Waals surface area contributed by atoms with Crippen molar-refractivity contribution in [2.75, 3.05) is 7.11 Å². The van der Waals surface area contributed by atoms with Gasteiger partial charge in [-0.15, -0.1) is 0 Å². The van der Waals surface area contributed by atoms with E-state index in [-0.39, 0.29) is 23.2 Å². The van der Waals surface area contributed by atoms with E-state index in [2.05, 4.69) is 52.1 Å². The first kappa shape index (κ1) is 30.0. The third-order valence-electron chi connectivity index (χ3n) is 6.32. The minimum absolute atomic E-state index is 0.210. The number of aromatic hydroxyl groups is 1. The maximum Gasteiger partial charge on any atom is 0.240 e. The van der Waals surface area contributed by atoms with Gasteiger partial charge in [0.1, 0.15) is 12.4 Å². The maximum atomic E-state index is 12.6. The Bertz CT molecular complexity index is 1300. The van der Waals surface area contributed by atoms with Crippen LogP contribution in [0.4, 0.5) is 0 Å². The molecule has 0 saturated heterocycles. The van der Waals surface area contributed by atoms with Crippen molar-refractivity contribution in [3.63, 3.8) is 0 Å². The molecule has 0 aliphatic carbocycles. The molecule has 3 rings (SSSR count). The van der Waals surface area contributed by atoms with Gasteiger partial charge in [0.2, 0.25) is 5.91 Å². The fourth-order valence-electron chi connectivity index (χ4n) is 4.20. The lowest BCUT2D eigenvalue weighted by molar-refractivity contribution is -0.121. The van der Waals surface area contributed by atoms with E-state index in [9.17, 15) is 9.90 Å². The number of hydrogen-bond acceptors (Lipinski definition) is 5. The number of para-hydroxylation sites is 1. The third kappa shape index (κ3) is 8.24. The van der Waals surface area contributed by atoms with E-state index in [0.29, 0.717) is 40.9 Å². The number of phenolic OH excluding ortho intramolecular Hbond substituents is 1. The summed E-state index contributed by atoms with van der Waals surface area (Å²) in [6.45, 7) is 12.7. The fraction of sp³-hybridized carbons (Fsp3) is 0.375. The maximum absolute atomic E-state index is 12.6. The number of halogens is 1. The number of hydrogen-bond donors (Lipinski definition) is 2. The van der Waals surface area contributed by atoms with E-state index in [0.717, 1.165) is 22.3 Å². The van der Waals surface area contributed by atoms with Gasteiger partial charge in [-0.1, -0.05) is 83.5 Å². The summed E-state index contributed by atoms with van der Waals surface area (Å²) < 4.78 is 11.5. The third-order valence-corrected chi connectivity index (χ3v) is 6.56. The minimum atomic E-state index is -0.226. The van der Waals surface area contributed by atoms with E-state index in [1.54, 1.807) is 19.4 Å². The zero-order chi connectivity index (χ0) is 28.8. The van der Waals surface area contributed by atoms with Gasteiger partial charge >= 0.3 is 0 Å². The van der Waals surface area contributed by atoms with Crippen molar-refractivity contribution < 1.29 is 19.4 Å². The Morgan fingerprint density at radius 1 is 0.974 bits per heavy atom. The smallest absolute Gasteiger partial charge is 0.240 e. The predicted molar refractivity (Wildman–Crippen MR) is 158 cm³/mol. The van der Waals surface area contributed by atoms with Gasteiger partial charge in [0.15, 0.2) is 11.5 Å². The lowest BCUT2D eigenvalue weighted by Crippen LogP contribution is -2.20. The van der Waals surface area contributed by atoms with Crippen LogP contribution >= 0.6 is 11.6 Å². The van der Waals surface area contributed by atoms with Crippen LogP contribution in [0.1, 0.15) is 75.8 Å². The molecule has 208 valence electrons. The van der Waals surface area contributed by atoms with Crippen LogP contribution in [0.15, 0.2) is 59.7 Å². The SMILES string of the molecule is COc1cccc(/C=N\NC(=O)CCc2cc(C(C)(C)C)c(O)c(C(C)(C)C)c2)c1OCc1cccc(Cl)c1. The second-order valence-electron chi connectivity index (χ2n) is 11.6. The summed E-state index contributed by atoms with van der Waals surface area (Å²) in [7, 11) is 1.57. The number of carbonyl (C=O) groups is 1. The highest BCUT2D eigenvalue weighted by molar-refractivity contribution is 6.30. The van der Waals surface area contributed by atoms with Gasteiger partial charge in [-0.3, -0.25) is 4.79 Å². The number of aryl methyl sites for hydroxylation is 1. The summed E-state index contributed by atoms with van der Waals surface area (Å²) in [5.74, 6) is 1.20. The second-order valence-corrected chi connectivity index (χ2v) is 12.1. The topological polar surface area (TPSA) is 80.2 Å². The Kier molecular flexibility index (Phi) is 9.68. The van der Waals surface area contributed by atoms with Crippen molar-refractivity contribution in [1.29, 1.82) is 0 Å². The van der Waals surface area contributed by atoms with Crippen LogP contribution in [0.3, 0.4) is 0 Å². The van der Waals surface area contributed by atoms with E-state index >= 15 is 0 Å². The summed E-state index contributed by atoms with van der Waals surface area (Å²) in [6.07, 6.45) is 2.33. The lowest BCUT2D eigenvalue weighted by atomic mass is 9.78. The van der Waals surface area contributed by atoms with Gasteiger partial charge in [0.25, 0.3) is 0 Å². The molecule has 2 N–H and O–H groups in total. The number of methoxy groups -OCH3 is 1. The largest absolute Gasteiger partial charge is 0.507 e. The van der Waals surface area contributed by atoms with Gasteiger partial charge in [-0.25, -0.2) is 5.43 Å². The first-order valence-corrected chi connectivity index (χ1v) is 13.4. The van der Waals surface area contributed by atoms with Crippen molar-refractivity contribution in [2.45, 2.75) is 71.8 Å². The van der Waals surface area contributed by atoms with Gasteiger partial charge in [-0.2, -0.15) is 5.10 Å². The molecule has 6 nitrogen and oxygen atoms in total. The minimum Gasteiger partial charge on any atom is -0.507 e. The number of hydrazone groups is 1. The zero-order valence-corrected chi connectivity index (χ0v) is 24.6. The Hall–Kier alpha value is -3.51. The molecule has 0 atom stereocenters. The van der Waals surface area contributed by atoms with Gasteiger partial charge < -0.3 is 14.6 Å². The van der Waals surface area contributed by atoms with Crippen LogP contribution in [-0.4, -0.2) is 24.3 Å². The molecule has 3 aromatic rings. The van der Waals surface area contributed by atoms with Crippen molar-refractivity contribution in [3.05, 3.63) is 87.4 Å². The van der Waals surface area contributed by atoms with E-state index < -0.39 is 0 Å². The van der Waals surface area contributed by atoms with Crippen LogP contribution in [0.25, 0.3) is 0 Å². The Labute approximate surface area is 237 Å². The predicted octanol–water partition coefficient (Wildman–Crippen LogP) is 7.31. The standard InChI is InChI=1S/C32H39ClN2O4/c1-31(2,3)25-17-21(18-26(29(25)37)32(4,5)6)14-15-28(36)35-34-19-23-11-9-13-27(38-7)30(23)39-20-22-10-8-12-24(33)16-22/h8-13,16-19,37H,14-15,20H2,1-7H3,(H,35,36)/b34-19-. The molecule has 7 heteroatoms. The van der Waals surface area contributed by atoms with Crippen LogP contribution in [0.5, 0.6) is 17.2 Å². The molecule has 0 aliphatic rings. The van der Waals surface area contributed by atoms with Crippen molar-refractivity contribution >= 4 is 23.7 Å². The Balaban J connectivity index is 1.69. The molecule has 3 aromatic carbocycles. The summed E-state index contributed by atoms with van der Waals surface area (Å²) >= 11 is 6.09. The number of phenols is 1. The molecule has 0 bridgehead atoms. The number of nitrogens with zero attached hydrogens (tertiary/aromatic N) is 1. The monoisotopic (exact) mass is 550 g/mol. The average Bonchev–Trinajstić information content (AvgIpc) is 2.85. The van der Waals surface area contributed by atoms with Gasteiger partial charge in [-0.05, 0) is 63.8 Å². The van der Waals surface area contributed by atoms with Crippen LogP contribution < -0.4 is 14.9 Å². The number of benzene rings is 3. The second kappa shape index (κ2) is 12.6. The molecular formula is C32H39ClN2O4. The molecule has 0 fully saturated rings. The van der Waals surface area contributed by atoms with Crippen molar-refractivity contribution in [2.24, 2.45) is 5.10 Å². The summed E-state index contributed by atoms with van der Waals surface area (Å²) in [5.41, 5.74) is 6.52. The fourth-order valence-corrected chi connectivity index (χ4v) is 4.41. The number of amides is 1. The lowest BCUT2D eigenvalue weighted by Gasteiger charge is -2.28. The molecule has 0 radical (unpaired) electrons.